The van der Waals surface area contributed by atoms with E-state index < -0.39 is 10.0 Å². The number of carbonyl (C=O) groups is 1. The molecule has 0 atom stereocenters. The fourth-order valence-corrected chi connectivity index (χ4v) is 6.78. The minimum absolute atomic E-state index is 0.00949. The molecule has 0 radical (unpaired) electrons. The molecule has 9 heteroatoms. The van der Waals surface area contributed by atoms with Crippen LogP contribution >= 0.6 is 11.3 Å². The predicted octanol–water partition coefficient (Wildman–Crippen LogP) is 2.44. The summed E-state index contributed by atoms with van der Waals surface area (Å²) in [5.74, 6) is -0.0697. The molecule has 1 amide bonds. The van der Waals surface area contributed by atoms with E-state index >= 15 is 0 Å². The summed E-state index contributed by atoms with van der Waals surface area (Å²) in [7, 11) is -3.73. The summed E-state index contributed by atoms with van der Waals surface area (Å²) in [6, 6.07) is 12.2. The van der Waals surface area contributed by atoms with Crippen LogP contribution in [0.5, 0.6) is 0 Å². The first-order valence-electron chi connectivity index (χ1n) is 9.97. The second kappa shape index (κ2) is 7.24. The summed E-state index contributed by atoms with van der Waals surface area (Å²) in [4.78, 5) is 26.7. The number of rotatable bonds is 4. The van der Waals surface area contributed by atoms with Crippen LogP contribution in [0.3, 0.4) is 0 Å². The number of benzene rings is 2. The van der Waals surface area contributed by atoms with Crippen molar-refractivity contribution in [2.75, 3.05) is 23.9 Å². The van der Waals surface area contributed by atoms with Crippen LogP contribution < -0.4 is 9.18 Å². The molecule has 0 aliphatic carbocycles. The number of sulfonamides is 1. The van der Waals surface area contributed by atoms with E-state index in [0.717, 1.165) is 42.8 Å². The van der Waals surface area contributed by atoms with Gasteiger partial charge < -0.3 is 4.90 Å². The van der Waals surface area contributed by atoms with E-state index in [4.69, 9.17) is 0 Å². The van der Waals surface area contributed by atoms with Gasteiger partial charge in [0.2, 0.25) is 5.91 Å². The van der Waals surface area contributed by atoms with E-state index in [1.807, 2.05) is 24.3 Å². The van der Waals surface area contributed by atoms with Crippen molar-refractivity contribution in [3.05, 3.63) is 57.7 Å². The van der Waals surface area contributed by atoms with Crippen molar-refractivity contribution < 1.29 is 13.2 Å². The van der Waals surface area contributed by atoms with Crippen molar-refractivity contribution in [1.82, 2.24) is 9.47 Å². The summed E-state index contributed by atoms with van der Waals surface area (Å²) in [5.41, 5.74) is 2.32. The number of carbonyl (C=O) groups excluding carboxylic acids is 1. The topological polar surface area (TPSA) is 79.7 Å². The zero-order valence-electron chi connectivity index (χ0n) is 16.3. The number of thiazole rings is 1. The van der Waals surface area contributed by atoms with Crippen LogP contribution in [0.2, 0.25) is 0 Å². The van der Waals surface area contributed by atoms with Crippen molar-refractivity contribution in [1.29, 1.82) is 0 Å². The third-order valence-corrected chi connectivity index (χ3v) is 8.58. The highest BCUT2D eigenvalue weighted by Crippen LogP contribution is 2.33. The van der Waals surface area contributed by atoms with Gasteiger partial charge >= 0.3 is 4.87 Å². The van der Waals surface area contributed by atoms with Gasteiger partial charge in [-0.1, -0.05) is 29.5 Å². The highest BCUT2D eigenvalue weighted by atomic mass is 32.2. The molecule has 0 bridgehead atoms. The van der Waals surface area contributed by atoms with Gasteiger partial charge in [-0.25, -0.2) is 8.42 Å². The number of aromatic nitrogens is 1. The maximum atomic E-state index is 13.3. The van der Waals surface area contributed by atoms with Crippen LogP contribution in [0.15, 0.2) is 52.2 Å². The van der Waals surface area contributed by atoms with E-state index in [1.54, 1.807) is 17.0 Å². The van der Waals surface area contributed by atoms with Crippen molar-refractivity contribution in [2.24, 2.45) is 0 Å². The average Bonchev–Trinajstić information content (AvgIpc) is 3.47. The minimum Gasteiger partial charge on any atom is -0.341 e. The first-order chi connectivity index (χ1) is 14.4. The monoisotopic (exact) mass is 443 g/mol. The fourth-order valence-electron chi connectivity index (χ4n) is 4.24. The molecule has 7 nitrogen and oxygen atoms in total. The number of anilines is 1. The minimum atomic E-state index is -3.73. The molecule has 1 fully saturated rings. The number of amides is 1. The van der Waals surface area contributed by atoms with Crippen LogP contribution in [0.4, 0.5) is 5.69 Å². The SMILES string of the molecule is O=C(Cn1c(=O)sc2cc(S(=O)(=O)N3CCc4ccccc43)ccc21)N1CCCC1. The lowest BCUT2D eigenvalue weighted by Gasteiger charge is -2.19. The van der Waals surface area contributed by atoms with Gasteiger partial charge in [0.15, 0.2) is 0 Å². The first-order valence-corrected chi connectivity index (χ1v) is 12.2. The standard InChI is InChI=1S/C21H21N3O4S2/c25-20(22-10-3-4-11-22)14-23-18-8-7-16(13-19(18)29-21(23)26)30(27,28)24-12-9-15-5-1-2-6-17(15)24/h1-2,5-8,13H,3-4,9-12,14H2. The molecule has 0 unspecified atom stereocenters. The molecule has 1 saturated heterocycles. The Labute approximate surface area is 178 Å². The number of hydrogen-bond donors (Lipinski definition) is 0. The summed E-state index contributed by atoms with van der Waals surface area (Å²) >= 11 is 0.975. The van der Waals surface area contributed by atoms with Crippen LogP contribution in [-0.2, 0) is 27.8 Å². The lowest BCUT2D eigenvalue weighted by molar-refractivity contribution is -0.130. The number of nitrogens with zero attached hydrogens (tertiary/aromatic N) is 3. The molecule has 30 heavy (non-hydrogen) atoms. The van der Waals surface area contributed by atoms with Gasteiger partial charge in [0, 0.05) is 19.6 Å². The fraction of sp³-hybridized carbons (Fsp3) is 0.333. The highest BCUT2D eigenvalue weighted by Gasteiger charge is 2.31. The highest BCUT2D eigenvalue weighted by molar-refractivity contribution is 7.92. The zero-order chi connectivity index (χ0) is 20.9. The molecule has 2 aromatic carbocycles. The van der Waals surface area contributed by atoms with Gasteiger partial charge in [0.25, 0.3) is 10.0 Å². The molecule has 2 aliphatic rings. The molecule has 3 heterocycles. The average molecular weight is 444 g/mol. The summed E-state index contributed by atoms with van der Waals surface area (Å²) in [5, 5.41) is 0. The maximum absolute atomic E-state index is 13.3. The van der Waals surface area contributed by atoms with Crippen molar-refractivity contribution in [3.8, 4) is 0 Å². The van der Waals surface area contributed by atoms with Gasteiger partial charge in [0.05, 0.1) is 20.8 Å². The normalized spacial score (nSPS) is 16.4. The van der Waals surface area contributed by atoms with E-state index in [9.17, 15) is 18.0 Å². The number of hydrogen-bond acceptors (Lipinski definition) is 5. The second-order valence-electron chi connectivity index (χ2n) is 7.63. The Kier molecular flexibility index (Phi) is 4.67. The molecule has 0 N–H and O–H groups in total. The van der Waals surface area contributed by atoms with Gasteiger partial charge in [-0.05, 0) is 49.1 Å². The maximum Gasteiger partial charge on any atom is 0.308 e. The Morgan fingerprint density at radius 3 is 2.60 bits per heavy atom. The summed E-state index contributed by atoms with van der Waals surface area (Å²) < 4.78 is 30.0. The number of likely N-dealkylation sites (tertiary alicyclic amines) is 1. The quantitative estimate of drug-likeness (QED) is 0.620. The Hall–Kier alpha value is -2.65. The molecular weight excluding hydrogens is 422 g/mol. The first kappa shape index (κ1) is 19.3. The van der Waals surface area contributed by atoms with E-state index in [1.165, 1.54) is 14.9 Å². The Balaban J connectivity index is 1.49. The molecule has 0 saturated carbocycles. The van der Waals surface area contributed by atoms with Crippen LogP contribution in [0.25, 0.3) is 10.2 Å². The molecule has 0 spiro atoms. The van der Waals surface area contributed by atoms with Gasteiger partial charge in [-0.3, -0.25) is 18.5 Å². The molecule has 156 valence electrons. The number of para-hydroxylation sites is 1. The van der Waals surface area contributed by atoms with Gasteiger partial charge in [-0.15, -0.1) is 0 Å². The van der Waals surface area contributed by atoms with Gasteiger partial charge in [0.1, 0.15) is 6.54 Å². The second-order valence-corrected chi connectivity index (χ2v) is 10.5. The Bertz CT molecular complexity index is 1300. The molecule has 3 aromatic rings. The van der Waals surface area contributed by atoms with Crippen molar-refractivity contribution >= 4 is 43.2 Å². The lowest BCUT2D eigenvalue weighted by Crippen LogP contribution is -2.33. The van der Waals surface area contributed by atoms with Crippen LogP contribution in [0.1, 0.15) is 18.4 Å². The third kappa shape index (κ3) is 3.13. The molecular formula is C21H21N3O4S2. The summed E-state index contributed by atoms with van der Waals surface area (Å²) in [6.07, 6.45) is 2.66. The molecule has 1 aromatic heterocycles. The lowest BCUT2D eigenvalue weighted by atomic mass is 10.2. The zero-order valence-corrected chi connectivity index (χ0v) is 17.9. The van der Waals surface area contributed by atoms with Crippen LogP contribution in [-0.4, -0.2) is 43.4 Å². The largest absolute Gasteiger partial charge is 0.341 e. The smallest absolute Gasteiger partial charge is 0.308 e. The molecule has 2 aliphatic heterocycles. The van der Waals surface area contributed by atoms with Crippen LogP contribution in [0, 0.1) is 0 Å². The molecule has 5 rings (SSSR count). The van der Waals surface area contributed by atoms with Crippen molar-refractivity contribution in [2.45, 2.75) is 30.7 Å². The van der Waals surface area contributed by atoms with Gasteiger partial charge in [-0.2, -0.15) is 0 Å². The van der Waals surface area contributed by atoms with E-state index in [-0.39, 0.29) is 22.2 Å². The Morgan fingerprint density at radius 1 is 1.03 bits per heavy atom. The van der Waals surface area contributed by atoms with E-state index in [0.29, 0.717) is 28.9 Å². The summed E-state index contributed by atoms with van der Waals surface area (Å²) in [6.45, 7) is 1.86. The van der Waals surface area contributed by atoms with E-state index in [2.05, 4.69) is 0 Å². The van der Waals surface area contributed by atoms with Crippen molar-refractivity contribution in [3.63, 3.8) is 0 Å². The third-order valence-electron chi connectivity index (χ3n) is 5.82. The number of fused-ring (bicyclic) bond motifs is 2. The predicted molar refractivity (Wildman–Crippen MR) is 117 cm³/mol. The Morgan fingerprint density at radius 2 is 1.80 bits per heavy atom.